The molecule has 2 fully saturated rings. The maximum absolute atomic E-state index is 16.2. The molecule has 652 valence electrons. The zero-order chi connectivity index (χ0) is 89.0. The smallest absolute Gasteiger partial charge is 0.326 e. The van der Waals surface area contributed by atoms with E-state index >= 15 is 38.0 Å². The number of carbonyl (C=O) groups is 13. The lowest BCUT2D eigenvalue weighted by atomic mass is 9.88. The van der Waals surface area contributed by atoms with E-state index in [9.17, 15) is 60.9 Å². The number of aliphatic hydroxyl groups excluding tert-OH is 1. The van der Waals surface area contributed by atoms with Gasteiger partial charge in [0.1, 0.15) is 68.0 Å². The minimum absolute atomic E-state index is 0.0384. The molecule has 12 atom stereocenters. The van der Waals surface area contributed by atoms with Crippen molar-refractivity contribution in [3.05, 3.63) is 207 Å². The van der Waals surface area contributed by atoms with Crippen molar-refractivity contribution in [3.8, 4) is 5.75 Å². The summed E-state index contributed by atoms with van der Waals surface area (Å²) in [6, 6.07) is 21.4. The Balaban J connectivity index is 1.20. The molecule has 0 saturated carbocycles. The molecule has 122 heavy (non-hydrogen) atoms. The fourth-order valence-electron chi connectivity index (χ4n) is 15.0. The number of para-hydroxylation sites is 1. The number of aromatic amines is 1. The molecule has 9 rings (SSSR count). The fraction of sp³-hybridized carbons (Fsp3) is 0.407. The van der Waals surface area contributed by atoms with Gasteiger partial charge in [0, 0.05) is 118 Å². The topological polar surface area (TPSA) is 452 Å². The number of H-pyrrole nitrogens is 1. The summed E-state index contributed by atoms with van der Waals surface area (Å²) >= 11 is 12.9. The standard InChI is InChI=1S/C86H100Cl2FN11O20S2/c1-50-74(103)45-56(31-34-121(5,117)118)77(106)94-66(41-54-23-16-25-60(88)38-54)82(111)99(4)72(49-101)81(110)92-64(32-35-122(6,119)120)79(108)95-67(44-58-48-90-63-27-14-13-26-61(58)63)83(112)98(3)71(43-52-20-11-8-12-21-52)85(114)97(2)70(42-51-18-9-7-10-19-51)75(104)46-57(36-55-29-30-73(102)62(89)39-55)78(107)93-65(40-53-22-15-24-59(87)37-53)80(109)96-68(47-76(105)91-50)84(113)100-33-17-28-69(100)86(115)116/h7-16,18-27,29-30,37-39,48,50,56-57,64-72,90,101-102H,17,28,31-36,40-47,49H2,1-6H3,(H,91,105)(H,92,110)(H,93,107)(H,94,106)(H,95,108)(H,96,109)(H,115,116)/t50-,56+,57+,64-,65-,66-,67-,68-,69-,70-,71-,72-/m0/s1. The third-order valence-corrected chi connectivity index (χ3v) is 24.2. The lowest BCUT2D eigenvalue weighted by Crippen LogP contribution is -2.61. The van der Waals surface area contributed by atoms with Gasteiger partial charge in [-0.2, -0.15) is 0 Å². The summed E-state index contributed by atoms with van der Waals surface area (Å²) in [5, 5.41) is 48.2. The van der Waals surface area contributed by atoms with Crippen LogP contribution in [0.4, 0.5) is 4.39 Å². The van der Waals surface area contributed by atoms with Crippen molar-refractivity contribution in [1.82, 2.24) is 56.5 Å². The number of carboxylic acids is 1. The van der Waals surface area contributed by atoms with Gasteiger partial charge in [0.2, 0.25) is 59.1 Å². The highest BCUT2D eigenvalue weighted by molar-refractivity contribution is 7.90. The SMILES string of the molecule is C[C@@H]1NC(=O)C[C@@H](C(=O)N2CCC[C@H]2C(=O)O)NC(=O)[C@H](Cc2cccc(Cl)c2)NC(=O)[C@H](Cc2ccc(O)c(F)c2)CC(=O)[C@H](Cc2ccccc2)N(C)C(=O)[C@H](Cc2ccccc2)N(C)C(=O)[C@H](Cc2c[nH]c3ccccc23)NC(=O)[C@H](CCS(C)(=O)=O)NC(=O)[C@H](CO)N(C)C(=O)[C@H](Cc2cccc(Cl)c2)NC(=O)[C@H](CCS(C)(=O)=O)CC1=O. The third-order valence-electron chi connectivity index (χ3n) is 21.8. The van der Waals surface area contributed by atoms with E-state index in [4.69, 9.17) is 23.2 Å². The number of sulfone groups is 2. The van der Waals surface area contributed by atoms with Gasteiger partial charge < -0.3 is 71.8 Å². The first kappa shape index (κ1) is 94.4. The Morgan fingerprint density at radius 2 is 1.00 bits per heavy atom. The van der Waals surface area contributed by atoms with Crippen molar-refractivity contribution < 1.29 is 98.9 Å². The zero-order valence-corrected chi connectivity index (χ0v) is 71.1. The number of phenols is 1. The van der Waals surface area contributed by atoms with Crippen LogP contribution in [0, 0.1) is 17.7 Å². The molecule has 2 saturated heterocycles. The maximum Gasteiger partial charge on any atom is 0.326 e. The van der Waals surface area contributed by atoms with E-state index in [-0.39, 0.29) is 54.3 Å². The van der Waals surface area contributed by atoms with Crippen molar-refractivity contribution in [2.24, 2.45) is 11.8 Å². The van der Waals surface area contributed by atoms with Gasteiger partial charge in [-0.15, -0.1) is 0 Å². The monoisotopic (exact) mass is 1760 g/mol. The number of Topliss-reactive ketones (excluding diaryl/α,β-unsaturated/α-hetero) is 2. The van der Waals surface area contributed by atoms with Gasteiger partial charge >= 0.3 is 5.97 Å². The Morgan fingerprint density at radius 3 is 1.59 bits per heavy atom. The Kier molecular flexibility index (Phi) is 33.2. The van der Waals surface area contributed by atoms with Gasteiger partial charge in [0.25, 0.3) is 0 Å². The van der Waals surface area contributed by atoms with Gasteiger partial charge in [0.05, 0.1) is 36.6 Å². The number of phenolic OH excluding ortho intramolecular Hbond substituents is 1. The number of hydrogen-bond donors (Lipinski definition) is 10. The Hall–Kier alpha value is -11.5. The predicted octanol–water partition coefficient (Wildman–Crippen LogP) is 3.98. The molecule has 31 nitrogen and oxygen atoms in total. The lowest BCUT2D eigenvalue weighted by Gasteiger charge is -2.36. The second-order valence-corrected chi connectivity index (χ2v) is 36.5. The van der Waals surface area contributed by atoms with E-state index in [0.29, 0.717) is 43.6 Å². The molecule has 6 aromatic carbocycles. The molecule has 7 aromatic rings. The average molecular weight is 1760 g/mol. The molecule has 36 heteroatoms. The second-order valence-electron chi connectivity index (χ2n) is 31.1. The summed E-state index contributed by atoms with van der Waals surface area (Å²) in [4.78, 5) is 203. The largest absolute Gasteiger partial charge is 0.505 e. The number of likely N-dealkylation sites (tertiary alicyclic amines) is 1. The number of rotatable bonds is 21. The van der Waals surface area contributed by atoms with Crippen molar-refractivity contribution in [2.45, 2.75) is 151 Å². The average Bonchev–Trinajstić information content (AvgIpc) is 1.27. The number of nitrogens with zero attached hydrogens (tertiary/aromatic N) is 4. The highest BCUT2D eigenvalue weighted by atomic mass is 35.5. The second kappa shape index (κ2) is 42.9. The van der Waals surface area contributed by atoms with Crippen molar-refractivity contribution >= 4 is 130 Å². The van der Waals surface area contributed by atoms with Gasteiger partial charge in [0.15, 0.2) is 23.1 Å². The number of aliphatic hydroxyl groups is 1. The number of benzene rings is 6. The molecule has 2 aliphatic rings. The minimum atomic E-state index is -4.01. The van der Waals surface area contributed by atoms with Crippen LogP contribution in [0.25, 0.3) is 10.9 Å². The van der Waals surface area contributed by atoms with Crippen LogP contribution in [0.3, 0.4) is 0 Å². The van der Waals surface area contributed by atoms with Gasteiger partial charge in [-0.05, 0) is 121 Å². The molecule has 0 radical (unpaired) electrons. The molecule has 0 spiro atoms. The van der Waals surface area contributed by atoms with Crippen LogP contribution in [0.15, 0.2) is 158 Å². The van der Waals surface area contributed by atoms with Crippen LogP contribution < -0.4 is 31.9 Å². The number of aliphatic carboxylic acids is 1. The van der Waals surface area contributed by atoms with Crippen molar-refractivity contribution in [2.75, 3.05) is 58.3 Å². The summed E-state index contributed by atoms with van der Waals surface area (Å²) in [5.41, 5.74) is 2.61. The molecule has 0 bridgehead atoms. The molecule has 0 aliphatic carbocycles. The highest BCUT2D eigenvalue weighted by Crippen LogP contribution is 2.28. The van der Waals surface area contributed by atoms with E-state index < -0.39 is 250 Å². The van der Waals surface area contributed by atoms with E-state index in [1.54, 1.807) is 91.1 Å². The summed E-state index contributed by atoms with van der Waals surface area (Å²) in [5.74, 6) is -20.9. The number of amides is 10. The predicted molar refractivity (Wildman–Crippen MR) is 450 cm³/mol. The van der Waals surface area contributed by atoms with E-state index in [2.05, 4.69) is 36.9 Å². The quantitative estimate of drug-likeness (QED) is 0.0486. The van der Waals surface area contributed by atoms with Crippen LogP contribution in [-0.2, 0) is 121 Å². The fourth-order valence-corrected chi connectivity index (χ4v) is 16.8. The number of carboxylic acid groups (broad SMARTS) is 1. The molecule has 3 heterocycles. The van der Waals surface area contributed by atoms with Gasteiger partial charge in [-0.25, -0.2) is 26.0 Å². The zero-order valence-electron chi connectivity index (χ0n) is 68.0. The highest BCUT2D eigenvalue weighted by Gasteiger charge is 2.44. The summed E-state index contributed by atoms with van der Waals surface area (Å²) in [6.45, 7) is -0.205. The number of likely N-dealkylation sites (N-methyl/N-ethyl adjacent to an activating group) is 3. The number of halogens is 3. The first-order valence-corrected chi connectivity index (χ1v) is 44.4. The first-order valence-electron chi connectivity index (χ1n) is 39.5. The number of aromatic nitrogens is 1. The van der Waals surface area contributed by atoms with Crippen molar-refractivity contribution in [1.29, 1.82) is 0 Å². The van der Waals surface area contributed by atoms with Crippen LogP contribution in [0.1, 0.15) is 85.3 Å². The molecule has 0 unspecified atom stereocenters. The van der Waals surface area contributed by atoms with E-state index in [1.165, 1.54) is 75.6 Å². The number of carbonyl (C=O) groups excluding carboxylic acids is 12. The number of aromatic hydroxyl groups is 1. The van der Waals surface area contributed by atoms with Crippen LogP contribution in [0.5, 0.6) is 5.75 Å². The lowest BCUT2D eigenvalue weighted by molar-refractivity contribution is -0.150. The maximum atomic E-state index is 16.2. The van der Waals surface area contributed by atoms with Crippen LogP contribution in [-0.4, -0.2) is 252 Å². The molecular weight excluding hydrogens is 1660 g/mol. The van der Waals surface area contributed by atoms with Crippen LogP contribution in [0.2, 0.25) is 10.0 Å². The Morgan fingerprint density at radius 1 is 0.500 bits per heavy atom. The Labute approximate surface area is 715 Å². The molecule has 1 aromatic heterocycles. The minimum Gasteiger partial charge on any atom is -0.505 e. The van der Waals surface area contributed by atoms with E-state index in [0.717, 1.165) is 46.4 Å². The molecule has 10 N–H and O–H groups in total. The normalized spacial score (nSPS) is 23.3. The summed E-state index contributed by atoms with van der Waals surface area (Å²) < 4.78 is 67.5. The Bertz CT molecular complexity index is 5260. The summed E-state index contributed by atoms with van der Waals surface area (Å²) in [7, 11) is -4.33. The van der Waals surface area contributed by atoms with E-state index in [1.807, 2.05) is 0 Å². The number of nitrogens with one attached hydrogen (secondary N) is 7. The number of hydrogen-bond acceptors (Lipinski definition) is 19. The molecule has 2 aliphatic heterocycles. The number of ketones is 2. The van der Waals surface area contributed by atoms with Crippen molar-refractivity contribution in [3.63, 3.8) is 0 Å². The number of fused-ring (bicyclic) bond motifs is 1. The molecule has 10 amide bonds. The summed E-state index contributed by atoms with van der Waals surface area (Å²) in [6.07, 6.45) is -2.91. The van der Waals surface area contributed by atoms with Gasteiger partial charge in [-0.1, -0.05) is 132 Å². The van der Waals surface area contributed by atoms with Gasteiger partial charge in [-0.3, -0.25) is 57.5 Å². The first-order chi connectivity index (χ1) is 57.7. The third kappa shape index (κ3) is 26.5. The van der Waals surface area contributed by atoms with Crippen LogP contribution >= 0.6 is 23.2 Å². The molecular formula is C86H100Cl2FN11O20S2.